The van der Waals surface area contributed by atoms with Gasteiger partial charge in [0.2, 0.25) is 0 Å². The number of hydrogen-bond acceptors (Lipinski definition) is 1. The summed E-state index contributed by atoms with van der Waals surface area (Å²) in [5, 5.41) is 0. The SMILES string of the molecule is COC(CCc1ccccc1)[B-](F)(F)F. The van der Waals surface area contributed by atoms with E-state index in [-0.39, 0.29) is 6.42 Å². The molecule has 5 heteroatoms. The molecule has 0 heterocycles. The highest BCUT2D eigenvalue weighted by Crippen LogP contribution is 2.21. The first-order valence-corrected chi connectivity index (χ1v) is 4.80. The van der Waals surface area contributed by atoms with Crippen LogP contribution in [0.2, 0.25) is 0 Å². The van der Waals surface area contributed by atoms with E-state index in [2.05, 4.69) is 4.74 Å². The predicted octanol–water partition coefficient (Wildman–Crippen LogP) is 3.02. The van der Waals surface area contributed by atoms with Gasteiger partial charge in [0.05, 0.1) is 0 Å². The summed E-state index contributed by atoms with van der Waals surface area (Å²) in [5.74, 6) is 0. The average molecular weight is 217 g/mol. The third kappa shape index (κ3) is 3.95. The Labute approximate surface area is 87.3 Å². The number of hydrogen-bond donors (Lipinski definition) is 0. The Morgan fingerprint density at radius 2 is 1.80 bits per heavy atom. The Balaban J connectivity index is 2.49. The molecule has 1 rings (SSSR count). The molecule has 15 heavy (non-hydrogen) atoms. The topological polar surface area (TPSA) is 9.23 Å². The summed E-state index contributed by atoms with van der Waals surface area (Å²) in [4.78, 5) is 0. The van der Waals surface area contributed by atoms with Crippen LogP contribution in [0.3, 0.4) is 0 Å². The van der Waals surface area contributed by atoms with E-state index in [0.29, 0.717) is 6.42 Å². The fourth-order valence-electron chi connectivity index (χ4n) is 1.41. The van der Waals surface area contributed by atoms with Crippen molar-refractivity contribution in [3.05, 3.63) is 35.9 Å². The van der Waals surface area contributed by atoms with E-state index in [1.807, 2.05) is 30.3 Å². The first kappa shape index (κ1) is 12.1. The van der Waals surface area contributed by atoms with Gasteiger partial charge in [0.15, 0.2) is 0 Å². The summed E-state index contributed by atoms with van der Waals surface area (Å²) in [6, 6.07) is 7.49. The number of ether oxygens (including phenoxy) is 1. The largest absolute Gasteiger partial charge is 0.506 e. The molecular formula is C10H13BF3O-. The van der Waals surface area contributed by atoms with Gasteiger partial charge in [-0.3, -0.25) is 0 Å². The number of rotatable bonds is 5. The Kier molecular flexibility index (Phi) is 4.21. The number of benzene rings is 1. The predicted molar refractivity (Wildman–Crippen MR) is 54.6 cm³/mol. The zero-order valence-corrected chi connectivity index (χ0v) is 8.50. The molecule has 0 aliphatic rings. The fraction of sp³-hybridized carbons (Fsp3) is 0.400. The van der Waals surface area contributed by atoms with Crippen LogP contribution in [-0.4, -0.2) is 20.1 Å². The maximum Gasteiger partial charge on any atom is 0.506 e. The van der Waals surface area contributed by atoms with E-state index in [0.717, 1.165) is 12.7 Å². The smallest absolute Gasteiger partial charge is 0.447 e. The van der Waals surface area contributed by atoms with Crippen LogP contribution in [0.5, 0.6) is 0 Å². The highest BCUT2D eigenvalue weighted by atomic mass is 19.4. The summed E-state index contributed by atoms with van der Waals surface area (Å²) in [6.45, 7) is -4.90. The molecular weight excluding hydrogens is 204 g/mol. The molecule has 0 aliphatic carbocycles. The maximum atomic E-state index is 12.4. The van der Waals surface area contributed by atoms with Crippen molar-refractivity contribution in [2.75, 3.05) is 7.11 Å². The zero-order chi connectivity index (χ0) is 11.3. The minimum absolute atomic E-state index is 0.00991. The molecule has 0 amide bonds. The minimum atomic E-state index is -4.90. The van der Waals surface area contributed by atoms with Gasteiger partial charge < -0.3 is 17.7 Å². The molecule has 1 unspecified atom stereocenters. The highest BCUT2D eigenvalue weighted by Gasteiger charge is 2.34. The summed E-state index contributed by atoms with van der Waals surface area (Å²) in [6.07, 6.45) is 0.380. The summed E-state index contributed by atoms with van der Waals surface area (Å²) in [5.41, 5.74) is 0.902. The van der Waals surface area contributed by atoms with Crippen LogP contribution in [-0.2, 0) is 11.2 Å². The lowest BCUT2D eigenvalue weighted by molar-refractivity contribution is 0.118. The van der Waals surface area contributed by atoms with Crippen molar-refractivity contribution in [3.63, 3.8) is 0 Å². The van der Waals surface area contributed by atoms with Crippen molar-refractivity contribution in [2.45, 2.75) is 18.8 Å². The Hall–Kier alpha value is -0.965. The van der Waals surface area contributed by atoms with E-state index < -0.39 is 13.0 Å². The minimum Gasteiger partial charge on any atom is -0.447 e. The van der Waals surface area contributed by atoms with Crippen LogP contribution in [0, 0.1) is 0 Å². The van der Waals surface area contributed by atoms with Crippen LogP contribution in [0.15, 0.2) is 30.3 Å². The molecule has 0 saturated heterocycles. The molecule has 1 nitrogen and oxygen atoms in total. The molecule has 0 aliphatic heterocycles. The van der Waals surface area contributed by atoms with Gasteiger partial charge in [-0.2, -0.15) is 0 Å². The molecule has 0 fully saturated rings. The van der Waals surface area contributed by atoms with Crippen molar-refractivity contribution in [1.29, 1.82) is 0 Å². The van der Waals surface area contributed by atoms with Crippen molar-refractivity contribution >= 4 is 6.98 Å². The second-order valence-electron chi connectivity index (χ2n) is 3.42. The lowest BCUT2D eigenvalue weighted by atomic mass is 9.78. The second-order valence-corrected chi connectivity index (χ2v) is 3.42. The molecule has 1 aromatic rings. The molecule has 0 radical (unpaired) electrons. The molecule has 0 bridgehead atoms. The van der Waals surface area contributed by atoms with E-state index in [4.69, 9.17) is 0 Å². The maximum absolute atomic E-state index is 12.4. The van der Waals surface area contributed by atoms with Gasteiger partial charge in [0, 0.05) is 13.1 Å². The zero-order valence-electron chi connectivity index (χ0n) is 8.50. The molecule has 0 N–H and O–H groups in total. The van der Waals surface area contributed by atoms with Gasteiger partial charge >= 0.3 is 6.98 Å². The van der Waals surface area contributed by atoms with Gasteiger partial charge in [0.25, 0.3) is 0 Å². The lowest BCUT2D eigenvalue weighted by Gasteiger charge is -2.25. The number of aryl methyl sites for hydroxylation is 1. The van der Waals surface area contributed by atoms with Crippen molar-refractivity contribution < 1.29 is 17.7 Å². The average Bonchev–Trinajstić information content (AvgIpc) is 2.18. The van der Waals surface area contributed by atoms with Gasteiger partial charge in [-0.15, -0.1) is 0 Å². The molecule has 1 atom stereocenters. The Bertz CT molecular complexity index is 286. The van der Waals surface area contributed by atoms with Gasteiger partial charge in [0.1, 0.15) is 0 Å². The molecule has 1 aromatic carbocycles. The first-order valence-electron chi connectivity index (χ1n) is 4.80. The third-order valence-electron chi connectivity index (χ3n) is 2.28. The summed E-state index contributed by atoms with van der Waals surface area (Å²) >= 11 is 0. The normalized spacial score (nSPS) is 13.9. The Morgan fingerprint density at radius 1 is 1.20 bits per heavy atom. The van der Waals surface area contributed by atoms with Crippen molar-refractivity contribution in [1.82, 2.24) is 0 Å². The van der Waals surface area contributed by atoms with Crippen LogP contribution in [0.1, 0.15) is 12.0 Å². The van der Waals surface area contributed by atoms with Crippen molar-refractivity contribution in [3.8, 4) is 0 Å². The summed E-state index contributed by atoms with van der Waals surface area (Å²) < 4.78 is 41.5. The van der Waals surface area contributed by atoms with Gasteiger partial charge in [-0.1, -0.05) is 30.3 Å². The number of halogens is 3. The quantitative estimate of drug-likeness (QED) is 0.688. The fourth-order valence-corrected chi connectivity index (χ4v) is 1.41. The van der Waals surface area contributed by atoms with E-state index in [1.165, 1.54) is 0 Å². The van der Waals surface area contributed by atoms with Gasteiger partial charge in [-0.05, 0) is 18.4 Å². The Morgan fingerprint density at radius 3 is 2.27 bits per heavy atom. The standard InChI is InChI=1S/C10H13BF3O/c1-15-10(11(12,13)14)8-7-9-5-3-2-4-6-9/h2-6,10H,7-8H2,1H3/q-1. The van der Waals surface area contributed by atoms with Crippen LogP contribution in [0.25, 0.3) is 0 Å². The van der Waals surface area contributed by atoms with Crippen LogP contribution < -0.4 is 0 Å². The third-order valence-corrected chi connectivity index (χ3v) is 2.28. The van der Waals surface area contributed by atoms with E-state index in [9.17, 15) is 12.9 Å². The monoisotopic (exact) mass is 217 g/mol. The molecule has 0 spiro atoms. The van der Waals surface area contributed by atoms with Gasteiger partial charge in [-0.25, -0.2) is 0 Å². The first-order chi connectivity index (χ1) is 7.04. The molecule has 84 valence electrons. The van der Waals surface area contributed by atoms with E-state index in [1.54, 1.807) is 0 Å². The second kappa shape index (κ2) is 5.21. The molecule has 0 saturated carbocycles. The van der Waals surface area contributed by atoms with E-state index >= 15 is 0 Å². The highest BCUT2D eigenvalue weighted by molar-refractivity contribution is 6.59. The lowest BCUT2D eigenvalue weighted by Crippen LogP contribution is -2.36. The summed E-state index contributed by atoms with van der Waals surface area (Å²) in [7, 11) is 1.10. The number of methoxy groups -OCH3 is 1. The van der Waals surface area contributed by atoms with Crippen molar-refractivity contribution in [2.24, 2.45) is 0 Å². The van der Waals surface area contributed by atoms with Crippen LogP contribution >= 0.6 is 0 Å². The molecule has 0 aromatic heterocycles. The van der Waals surface area contributed by atoms with Crippen LogP contribution in [0.4, 0.5) is 12.9 Å².